The van der Waals surface area contributed by atoms with Crippen LogP contribution in [0, 0.1) is 0 Å². The van der Waals surface area contributed by atoms with Gasteiger partial charge in [-0.15, -0.1) is 0 Å². The van der Waals surface area contributed by atoms with E-state index in [1.54, 1.807) is 0 Å². The van der Waals surface area contributed by atoms with Gasteiger partial charge in [0.25, 0.3) is 0 Å². The molecule has 5 N–H and O–H groups in total. The second-order valence-corrected chi connectivity index (χ2v) is 4.53. The number of furan rings is 1. The number of nitrogens with zero attached hydrogens (tertiary/aromatic N) is 2. The van der Waals surface area contributed by atoms with Crippen LogP contribution in [0.1, 0.15) is 24.2 Å². The van der Waals surface area contributed by atoms with Gasteiger partial charge in [0.2, 0.25) is 5.95 Å². The van der Waals surface area contributed by atoms with E-state index in [0.29, 0.717) is 24.5 Å². The van der Waals surface area contributed by atoms with Crippen LogP contribution < -0.4 is 16.8 Å². The number of anilines is 2. The third-order valence-electron chi connectivity index (χ3n) is 3.25. The number of fused-ring (bicyclic) bond motifs is 3. The molecule has 0 unspecified atom stereocenters. The van der Waals surface area contributed by atoms with E-state index >= 15 is 0 Å². The number of nitrogens with two attached hydrogens (primary N) is 2. The normalized spacial score (nSPS) is 14.7. The van der Waals surface area contributed by atoms with Crippen molar-refractivity contribution < 1.29 is 4.42 Å². The zero-order chi connectivity index (χ0) is 12.5. The molecule has 0 bridgehead atoms. The first-order valence-corrected chi connectivity index (χ1v) is 6.31. The van der Waals surface area contributed by atoms with Gasteiger partial charge in [0, 0.05) is 25.1 Å². The standard InChI is InChI=1S/C12H17N5O/c13-5-6-15-11-10-9(16-12(14)17-11)7-3-1-2-4-8(7)18-10/h1-6,13H2,(H3,14,15,16,17). The molecule has 96 valence electrons. The van der Waals surface area contributed by atoms with Crippen LogP contribution in [0.4, 0.5) is 11.8 Å². The van der Waals surface area contributed by atoms with E-state index in [-0.39, 0.29) is 5.95 Å². The number of nitrogens with one attached hydrogen (secondary N) is 1. The lowest BCUT2D eigenvalue weighted by molar-refractivity contribution is 0.506. The fourth-order valence-corrected chi connectivity index (χ4v) is 2.44. The van der Waals surface area contributed by atoms with Crippen molar-refractivity contribution >= 4 is 22.9 Å². The number of hydrogen-bond acceptors (Lipinski definition) is 6. The van der Waals surface area contributed by atoms with Gasteiger partial charge < -0.3 is 21.2 Å². The Kier molecular flexibility index (Phi) is 2.79. The first-order valence-electron chi connectivity index (χ1n) is 6.31. The highest BCUT2D eigenvalue weighted by atomic mass is 16.3. The molecule has 0 aliphatic heterocycles. The molecule has 6 heteroatoms. The summed E-state index contributed by atoms with van der Waals surface area (Å²) in [6, 6.07) is 0. The maximum Gasteiger partial charge on any atom is 0.222 e. The van der Waals surface area contributed by atoms with E-state index in [1.807, 2.05) is 0 Å². The van der Waals surface area contributed by atoms with Crippen molar-refractivity contribution in [3.8, 4) is 0 Å². The molecule has 0 amide bonds. The molecule has 18 heavy (non-hydrogen) atoms. The number of rotatable bonds is 3. The van der Waals surface area contributed by atoms with Crippen molar-refractivity contribution in [1.29, 1.82) is 0 Å². The van der Waals surface area contributed by atoms with Gasteiger partial charge in [-0.25, -0.2) is 4.98 Å². The fourth-order valence-electron chi connectivity index (χ4n) is 2.44. The molecule has 0 saturated carbocycles. The molecule has 0 fully saturated rings. The van der Waals surface area contributed by atoms with E-state index in [9.17, 15) is 0 Å². The Hall–Kier alpha value is -1.82. The zero-order valence-corrected chi connectivity index (χ0v) is 10.2. The Morgan fingerprint density at radius 1 is 1.22 bits per heavy atom. The highest BCUT2D eigenvalue weighted by Gasteiger charge is 2.21. The van der Waals surface area contributed by atoms with Gasteiger partial charge in [0.05, 0.1) is 0 Å². The zero-order valence-electron chi connectivity index (χ0n) is 10.2. The van der Waals surface area contributed by atoms with E-state index in [1.165, 1.54) is 18.4 Å². The quantitative estimate of drug-likeness (QED) is 0.749. The van der Waals surface area contributed by atoms with Crippen molar-refractivity contribution in [2.24, 2.45) is 5.73 Å². The van der Waals surface area contributed by atoms with Gasteiger partial charge in [-0.2, -0.15) is 4.98 Å². The average Bonchev–Trinajstić information content (AvgIpc) is 2.75. The molecule has 3 rings (SSSR count). The highest BCUT2D eigenvalue weighted by Crippen LogP contribution is 2.33. The molecule has 0 aromatic carbocycles. The SMILES string of the molecule is NCCNc1nc(N)nc2c3c(oc12)CCCC3. The van der Waals surface area contributed by atoms with Crippen molar-refractivity contribution in [2.45, 2.75) is 25.7 Å². The van der Waals surface area contributed by atoms with Crippen LogP contribution in [-0.4, -0.2) is 23.1 Å². The van der Waals surface area contributed by atoms with Crippen molar-refractivity contribution in [3.63, 3.8) is 0 Å². The molecule has 0 atom stereocenters. The highest BCUT2D eigenvalue weighted by molar-refractivity contribution is 5.88. The molecule has 2 aromatic rings. The summed E-state index contributed by atoms with van der Waals surface area (Å²) in [5, 5.41) is 3.14. The molecule has 2 aromatic heterocycles. The van der Waals surface area contributed by atoms with E-state index in [2.05, 4.69) is 15.3 Å². The van der Waals surface area contributed by atoms with Crippen LogP contribution in [-0.2, 0) is 12.8 Å². The van der Waals surface area contributed by atoms with Gasteiger partial charge >= 0.3 is 0 Å². The molecule has 1 aliphatic carbocycles. The molecular formula is C12H17N5O. The maximum absolute atomic E-state index is 5.89. The Balaban J connectivity index is 2.14. The Morgan fingerprint density at radius 3 is 2.89 bits per heavy atom. The summed E-state index contributed by atoms with van der Waals surface area (Å²) in [6.45, 7) is 1.17. The van der Waals surface area contributed by atoms with Crippen LogP contribution in [0.25, 0.3) is 11.1 Å². The summed E-state index contributed by atoms with van der Waals surface area (Å²) in [5.74, 6) is 1.96. The molecule has 2 heterocycles. The summed E-state index contributed by atoms with van der Waals surface area (Å²) in [6.07, 6.45) is 4.33. The van der Waals surface area contributed by atoms with Crippen LogP contribution >= 0.6 is 0 Å². The van der Waals surface area contributed by atoms with Crippen molar-refractivity contribution in [3.05, 3.63) is 11.3 Å². The molecule has 1 aliphatic rings. The van der Waals surface area contributed by atoms with Gasteiger partial charge in [-0.1, -0.05) is 0 Å². The van der Waals surface area contributed by atoms with E-state index in [4.69, 9.17) is 15.9 Å². The summed E-state index contributed by atoms with van der Waals surface area (Å²) >= 11 is 0. The summed E-state index contributed by atoms with van der Waals surface area (Å²) < 4.78 is 5.89. The van der Waals surface area contributed by atoms with Crippen molar-refractivity contribution in [2.75, 3.05) is 24.1 Å². The predicted octanol–water partition coefficient (Wildman–Crippen LogP) is 1.05. The summed E-state index contributed by atoms with van der Waals surface area (Å²) in [7, 11) is 0. The Labute approximate surface area is 105 Å². The van der Waals surface area contributed by atoms with Gasteiger partial charge in [-0.05, 0) is 19.3 Å². The van der Waals surface area contributed by atoms with Gasteiger partial charge in [0.1, 0.15) is 11.3 Å². The fraction of sp³-hybridized carbons (Fsp3) is 0.500. The monoisotopic (exact) mass is 247 g/mol. The minimum atomic E-state index is 0.274. The van der Waals surface area contributed by atoms with E-state index < -0.39 is 0 Å². The third kappa shape index (κ3) is 1.78. The van der Waals surface area contributed by atoms with Crippen LogP contribution in [0.2, 0.25) is 0 Å². The number of hydrogen-bond donors (Lipinski definition) is 3. The first kappa shape index (κ1) is 11.3. The minimum absolute atomic E-state index is 0.274. The Bertz CT molecular complexity index is 577. The second kappa shape index (κ2) is 4.45. The van der Waals surface area contributed by atoms with Crippen LogP contribution in [0.5, 0.6) is 0 Å². The number of aryl methyl sites for hydroxylation is 2. The summed E-state index contributed by atoms with van der Waals surface area (Å²) in [4.78, 5) is 8.51. The lowest BCUT2D eigenvalue weighted by Gasteiger charge is -2.07. The molecule has 0 saturated heterocycles. The largest absolute Gasteiger partial charge is 0.455 e. The molecule has 0 radical (unpaired) electrons. The second-order valence-electron chi connectivity index (χ2n) is 4.53. The average molecular weight is 247 g/mol. The van der Waals surface area contributed by atoms with Gasteiger partial charge in [0.15, 0.2) is 11.4 Å². The lowest BCUT2D eigenvalue weighted by Crippen LogP contribution is -2.14. The first-order chi connectivity index (χ1) is 8.79. The topological polar surface area (TPSA) is 103 Å². The lowest BCUT2D eigenvalue weighted by atomic mass is 9.98. The maximum atomic E-state index is 5.89. The molecular weight excluding hydrogens is 230 g/mol. The van der Waals surface area contributed by atoms with Crippen molar-refractivity contribution in [1.82, 2.24) is 9.97 Å². The molecule has 6 nitrogen and oxygen atoms in total. The van der Waals surface area contributed by atoms with E-state index in [0.717, 1.165) is 24.1 Å². The van der Waals surface area contributed by atoms with Crippen LogP contribution in [0.15, 0.2) is 4.42 Å². The van der Waals surface area contributed by atoms with Crippen LogP contribution in [0.3, 0.4) is 0 Å². The predicted molar refractivity (Wildman–Crippen MR) is 70.4 cm³/mol. The summed E-state index contributed by atoms with van der Waals surface area (Å²) in [5.41, 5.74) is 14.0. The third-order valence-corrected chi connectivity index (χ3v) is 3.25. The van der Waals surface area contributed by atoms with Gasteiger partial charge in [-0.3, -0.25) is 0 Å². The number of nitrogen functional groups attached to an aromatic ring is 1. The molecule has 0 spiro atoms. The minimum Gasteiger partial charge on any atom is -0.455 e. The smallest absolute Gasteiger partial charge is 0.222 e. The Morgan fingerprint density at radius 2 is 2.06 bits per heavy atom. The number of aromatic nitrogens is 2.